The van der Waals surface area contributed by atoms with Crippen molar-refractivity contribution < 1.29 is 4.79 Å². The number of amides is 1. The van der Waals surface area contributed by atoms with Gasteiger partial charge in [0.05, 0.1) is 5.00 Å². The van der Waals surface area contributed by atoms with Gasteiger partial charge in [-0.1, -0.05) is 30.2 Å². The average Bonchev–Trinajstić information content (AvgIpc) is 2.93. The fraction of sp³-hybridized carbons (Fsp3) is 0.353. The summed E-state index contributed by atoms with van der Waals surface area (Å²) in [5.74, 6) is 0.109. The molecule has 1 saturated carbocycles. The molecule has 1 fully saturated rings. The molecule has 4 heteroatoms. The molecule has 0 aliphatic heterocycles. The summed E-state index contributed by atoms with van der Waals surface area (Å²) in [4.78, 5) is 14.0. The average molecular weight is 320 g/mol. The summed E-state index contributed by atoms with van der Waals surface area (Å²) >= 11 is 7.61. The van der Waals surface area contributed by atoms with Crippen molar-refractivity contribution >= 4 is 33.8 Å². The summed E-state index contributed by atoms with van der Waals surface area (Å²) in [6.45, 7) is 2.40. The first-order chi connectivity index (χ1) is 10.1. The Morgan fingerprint density at radius 1 is 1.29 bits per heavy atom. The molecule has 2 nitrogen and oxygen atoms in total. The number of hydrogen-bond donors (Lipinski definition) is 0. The van der Waals surface area contributed by atoms with Gasteiger partial charge in [0.15, 0.2) is 0 Å². The van der Waals surface area contributed by atoms with E-state index in [1.165, 1.54) is 12.0 Å². The van der Waals surface area contributed by atoms with Crippen LogP contribution in [0.3, 0.4) is 0 Å². The predicted octanol–water partition coefficient (Wildman–Crippen LogP) is 4.88. The monoisotopic (exact) mass is 319 g/mol. The third-order valence-corrected chi connectivity index (χ3v) is 5.52. The third kappa shape index (κ3) is 2.85. The van der Waals surface area contributed by atoms with Gasteiger partial charge in [-0.2, -0.15) is 0 Å². The predicted molar refractivity (Wildman–Crippen MR) is 89.3 cm³/mol. The van der Waals surface area contributed by atoms with Gasteiger partial charge in [0, 0.05) is 23.9 Å². The summed E-state index contributed by atoms with van der Waals surface area (Å²) < 4.78 is 0. The molecule has 3 rings (SSSR count). The van der Waals surface area contributed by atoms with Crippen LogP contribution in [0.15, 0.2) is 41.8 Å². The lowest BCUT2D eigenvalue weighted by Gasteiger charge is -2.45. The van der Waals surface area contributed by atoms with Crippen molar-refractivity contribution in [2.75, 3.05) is 11.4 Å². The summed E-state index contributed by atoms with van der Waals surface area (Å²) in [5, 5.41) is 3.80. The SMILES string of the molecule is CC(=O)N(CC1(c2ccc(Cl)cc2)CCC1)c1cccs1. The summed E-state index contributed by atoms with van der Waals surface area (Å²) in [6.07, 6.45) is 3.48. The van der Waals surface area contributed by atoms with Crippen molar-refractivity contribution in [3.05, 3.63) is 52.4 Å². The minimum atomic E-state index is 0.0836. The molecule has 2 aromatic rings. The van der Waals surface area contributed by atoms with Gasteiger partial charge in [-0.15, -0.1) is 11.3 Å². The van der Waals surface area contributed by atoms with Crippen LogP contribution in [-0.4, -0.2) is 12.5 Å². The Balaban J connectivity index is 1.89. The van der Waals surface area contributed by atoms with E-state index in [1.54, 1.807) is 18.3 Å². The fourth-order valence-electron chi connectivity index (χ4n) is 3.02. The van der Waals surface area contributed by atoms with Crippen molar-refractivity contribution in [3.63, 3.8) is 0 Å². The highest BCUT2D eigenvalue weighted by Crippen LogP contribution is 2.45. The normalized spacial score (nSPS) is 16.3. The molecular formula is C17H18ClNOS. The van der Waals surface area contributed by atoms with Crippen LogP contribution in [0.25, 0.3) is 0 Å². The van der Waals surface area contributed by atoms with Gasteiger partial charge in [-0.05, 0) is 48.1 Å². The Labute approximate surface area is 134 Å². The maximum absolute atomic E-state index is 12.1. The number of carbonyl (C=O) groups excluding carboxylic acids is 1. The Bertz CT molecular complexity index is 617. The second-order valence-electron chi connectivity index (χ2n) is 5.70. The summed E-state index contributed by atoms with van der Waals surface area (Å²) in [7, 11) is 0. The Kier molecular flexibility index (Phi) is 4.05. The van der Waals surface area contributed by atoms with E-state index in [9.17, 15) is 4.79 Å². The molecule has 0 atom stereocenters. The maximum atomic E-state index is 12.1. The molecular weight excluding hydrogens is 302 g/mol. The van der Waals surface area contributed by atoms with Crippen molar-refractivity contribution in [3.8, 4) is 0 Å². The van der Waals surface area contributed by atoms with E-state index in [2.05, 4.69) is 12.1 Å². The highest BCUT2D eigenvalue weighted by atomic mass is 35.5. The number of anilines is 1. The van der Waals surface area contributed by atoms with Crippen LogP contribution in [0.4, 0.5) is 5.00 Å². The standard InChI is InChI=1S/C17H18ClNOS/c1-13(20)19(16-4-2-11-21-16)12-17(9-3-10-17)14-5-7-15(18)8-6-14/h2,4-8,11H,3,9-10,12H2,1H3. The van der Waals surface area contributed by atoms with Crippen molar-refractivity contribution in [2.24, 2.45) is 0 Å². The molecule has 0 unspecified atom stereocenters. The van der Waals surface area contributed by atoms with Gasteiger partial charge in [-0.25, -0.2) is 0 Å². The van der Waals surface area contributed by atoms with Gasteiger partial charge < -0.3 is 4.90 Å². The molecule has 0 radical (unpaired) electrons. The molecule has 1 amide bonds. The van der Waals surface area contributed by atoms with E-state index in [0.29, 0.717) is 0 Å². The van der Waals surface area contributed by atoms with Crippen LogP contribution >= 0.6 is 22.9 Å². The van der Waals surface area contributed by atoms with Crippen molar-refractivity contribution in [1.29, 1.82) is 0 Å². The molecule has 110 valence electrons. The molecule has 0 bridgehead atoms. The molecule has 1 aliphatic rings. The first kappa shape index (κ1) is 14.6. The second-order valence-corrected chi connectivity index (χ2v) is 7.06. The lowest BCUT2D eigenvalue weighted by Crippen LogP contribution is -2.47. The quantitative estimate of drug-likeness (QED) is 0.786. The number of hydrogen-bond acceptors (Lipinski definition) is 2. The number of rotatable bonds is 4. The zero-order valence-corrected chi connectivity index (χ0v) is 13.6. The molecule has 1 heterocycles. The van der Waals surface area contributed by atoms with Crippen LogP contribution in [0, 0.1) is 0 Å². The Morgan fingerprint density at radius 3 is 2.48 bits per heavy atom. The van der Waals surface area contributed by atoms with Crippen LogP contribution in [0.1, 0.15) is 31.7 Å². The summed E-state index contributed by atoms with van der Waals surface area (Å²) in [5.41, 5.74) is 1.38. The fourth-order valence-corrected chi connectivity index (χ4v) is 3.92. The highest BCUT2D eigenvalue weighted by molar-refractivity contribution is 7.14. The number of benzene rings is 1. The minimum Gasteiger partial charge on any atom is -0.303 e. The van der Waals surface area contributed by atoms with E-state index in [4.69, 9.17) is 11.6 Å². The lowest BCUT2D eigenvalue weighted by molar-refractivity contribution is -0.116. The van der Waals surface area contributed by atoms with Crippen LogP contribution in [0.5, 0.6) is 0 Å². The summed E-state index contributed by atoms with van der Waals surface area (Å²) in [6, 6.07) is 12.1. The van der Waals surface area contributed by atoms with E-state index < -0.39 is 0 Å². The van der Waals surface area contributed by atoms with E-state index in [1.807, 2.05) is 34.5 Å². The van der Waals surface area contributed by atoms with E-state index >= 15 is 0 Å². The first-order valence-corrected chi connectivity index (χ1v) is 8.44. The highest BCUT2D eigenvalue weighted by Gasteiger charge is 2.41. The number of halogens is 1. The third-order valence-electron chi connectivity index (χ3n) is 4.38. The smallest absolute Gasteiger partial charge is 0.224 e. The Morgan fingerprint density at radius 2 is 2.00 bits per heavy atom. The number of carbonyl (C=O) groups is 1. The zero-order valence-electron chi connectivity index (χ0n) is 12.0. The molecule has 21 heavy (non-hydrogen) atoms. The van der Waals surface area contributed by atoms with Crippen molar-refractivity contribution in [1.82, 2.24) is 0 Å². The van der Waals surface area contributed by atoms with Crippen LogP contribution in [0.2, 0.25) is 5.02 Å². The van der Waals surface area contributed by atoms with Gasteiger partial charge in [0.1, 0.15) is 0 Å². The molecule has 0 N–H and O–H groups in total. The van der Waals surface area contributed by atoms with Gasteiger partial charge in [0.2, 0.25) is 5.91 Å². The molecule has 1 aromatic carbocycles. The maximum Gasteiger partial charge on any atom is 0.224 e. The molecule has 1 aromatic heterocycles. The second kappa shape index (κ2) is 5.82. The van der Waals surface area contributed by atoms with Gasteiger partial charge in [-0.3, -0.25) is 4.79 Å². The largest absolute Gasteiger partial charge is 0.303 e. The lowest BCUT2D eigenvalue weighted by atomic mass is 9.64. The van der Waals surface area contributed by atoms with E-state index in [0.717, 1.165) is 29.4 Å². The number of nitrogens with zero attached hydrogens (tertiary/aromatic N) is 1. The molecule has 0 spiro atoms. The topological polar surface area (TPSA) is 20.3 Å². The zero-order chi connectivity index (χ0) is 14.9. The van der Waals surface area contributed by atoms with Crippen molar-refractivity contribution in [2.45, 2.75) is 31.6 Å². The van der Waals surface area contributed by atoms with Crippen LogP contribution in [-0.2, 0) is 10.2 Å². The van der Waals surface area contributed by atoms with E-state index in [-0.39, 0.29) is 11.3 Å². The molecule has 0 saturated heterocycles. The molecule has 1 aliphatic carbocycles. The Hall–Kier alpha value is -1.32. The van der Waals surface area contributed by atoms with Gasteiger partial charge >= 0.3 is 0 Å². The van der Waals surface area contributed by atoms with Crippen LogP contribution < -0.4 is 4.90 Å². The minimum absolute atomic E-state index is 0.0836. The van der Waals surface area contributed by atoms with Gasteiger partial charge in [0.25, 0.3) is 0 Å². The first-order valence-electron chi connectivity index (χ1n) is 7.18. The number of thiophene rings is 1.